The van der Waals surface area contributed by atoms with E-state index >= 15 is 0 Å². The van der Waals surface area contributed by atoms with Gasteiger partial charge in [0.1, 0.15) is 0 Å². The molecule has 0 aromatic rings. The third-order valence-corrected chi connectivity index (χ3v) is 4.89. The Labute approximate surface area is 126 Å². The van der Waals surface area contributed by atoms with Gasteiger partial charge in [0, 0.05) is 25.3 Å². The number of likely N-dealkylation sites (tertiary alicyclic amines) is 1. The van der Waals surface area contributed by atoms with Crippen molar-refractivity contribution in [2.45, 2.75) is 71.4 Å². The van der Waals surface area contributed by atoms with Crippen LogP contribution in [0.25, 0.3) is 0 Å². The van der Waals surface area contributed by atoms with Crippen LogP contribution in [0.3, 0.4) is 0 Å². The van der Waals surface area contributed by atoms with E-state index in [2.05, 4.69) is 37.9 Å². The molecule has 0 aromatic carbocycles. The third-order valence-electron chi connectivity index (χ3n) is 4.89. The maximum absolute atomic E-state index is 5.28. The Morgan fingerprint density at radius 2 is 1.85 bits per heavy atom. The molecule has 20 heavy (non-hydrogen) atoms. The van der Waals surface area contributed by atoms with Crippen molar-refractivity contribution in [3.63, 3.8) is 0 Å². The van der Waals surface area contributed by atoms with Gasteiger partial charge in [-0.3, -0.25) is 4.90 Å². The molecule has 0 spiro atoms. The normalized spacial score (nSPS) is 20.9. The summed E-state index contributed by atoms with van der Waals surface area (Å²) in [6.45, 7) is 14.0. The first-order valence-corrected chi connectivity index (χ1v) is 8.51. The number of nitrogens with one attached hydrogen (secondary N) is 1. The van der Waals surface area contributed by atoms with Crippen molar-refractivity contribution in [3.8, 4) is 0 Å². The lowest BCUT2D eigenvalue weighted by Gasteiger charge is -2.48. The zero-order valence-corrected chi connectivity index (χ0v) is 14.4. The predicted octanol–water partition coefficient (Wildman–Crippen LogP) is 3.29. The Balaban J connectivity index is 2.71. The molecule has 0 bridgehead atoms. The first-order chi connectivity index (χ1) is 9.54. The van der Waals surface area contributed by atoms with Gasteiger partial charge in [-0.15, -0.1) is 0 Å². The van der Waals surface area contributed by atoms with Gasteiger partial charge in [0.05, 0.1) is 0 Å². The summed E-state index contributed by atoms with van der Waals surface area (Å²) in [6, 6.07) is 0.538. The summed E-state index contributed by atoms with van der Waals surface area (Å²) in [5, 5.41) is 3.82. The van der Waals surface area contributed by atoms with Gasteiger partial charge in [-0.25, -0.2) is 0 Å². The van der Waals surface area contributed by atoms with Gasteiger partial charge in [0.2, 0.25) is 0 Å². The minimum Gasteiger partial charge on any atom is -0.385 e. The summed E-state index contributed by atoms with van der Waals surface area (Å²) in [5.41, 5.74) is 0.225. The fourth-order valence-electron chi connectivity index (χ4n) is 3.58. The van der Waals surface area contributed by atoms with Gasteiger partial charge in [0.15, 0.2) is 0 Å². The van der Waals surface area contributed by atoms with Gasteiger partial charge < -0.3 is 10.1 Å². The Morgan fingerprint density at radius 1 is 1.20 bits per heavy atom. The zero-order chi connectivity index (χ0) is 15.0. The molecule has 2 unspecified atom stereocenters. The summed E-state index contributed by atoms with van der Waals surface area (Å²) >= 11 is 0. The lowest BCUT2D eigenvalue weighted by molar-refractivity contribution is 0.0363. The van der Waals surface area contributed by atoms with Crippen molar-refractivity contribution in [3.05, 3.63) is 0 Å². The number of piperidine rings is 1. The Morgan fingerprint density at radius 3 is 2.40 bits per heavy atom. The smallest absolute Gasteiger partial charge is 0.0465 e. The molecule has 0 aromatic heterocycles. The maximum atomic E-state index is 5.28. The van der Waals surface area contributed by atoms with Crippen molar-refractivity contribution in [2.75, 3.05) is 33.4 Å². The van der Waals surface area contributed by atoms with Crippen LogP contribution in [0.15, 0.2) is 0 Å². The van der Waals surface area contributed by atoms with Crippen molar-refractivity contribution in [1.82, 2.24) is 10.2 Å². The van der Waals surface area contributed by atoms with E-state index in [1.54, 1.807) is 7.11 Å². The number of hydrogen-bond donors (Lipinski definition) is 1. The van der Waals surface area contributed by atoms with Crippen LogP contribution in [0.1, 0.15) is 59.8 Å². The Bertz CT molecular complexity index is 249. The van der Waals surface area contributed by atoms with Gasteiger partial charge in [-0.2, -0.15) is 0 Å². The van der Waals surface area contributed by atoms with Crippen LogP contribution >= 0.6 is 0 Å². The van der Waals surface area contributed by atoms with Crippen LogP contribution < -0.4 is 5.32 Å². The quantitative estimate of drug-likeness (QED) is 0.703. The van der Waals surface area contributed by atoms with Crippen molar-refractivity contribution in [1.29, 1.82) is 0 Å². The summed E-state index contributed by atoms with van der Waals surface area (Å²) in [5.74, 6) is 0.637. The molecule has 0 saturated carbocycles. The molecule has 1 rings (SSSR count). The predicted molar refractivity (Wildman–Crippen MR) is 87.2 cm³/mol. The second kappa shape index (κ2) is 9.01. The van der Waals surface area contributed by atoms with E-state index in [1.807, 2.05) is 0 Å². The van der Waals surface area contributed by atoms with E-state index in [1.165, 1.54) is 38.8 Å². The number of hydrogen-bond acceptors (Lipinski definition) is 3. The molecule has 1 fully saturated rings. The Kier molecular flexibility index (Phi) is 8.08. The second-order valence-electron chi connectivity index (χ2n) is 6.89. The fraction of sp³-hybridized carbons (Fsp3) is 1.00. The molecule has 0 radical (unpaired) electrons. The third kappa shape index (κ3) is 5.01. The van der Waals surface area contributed by atoms with E-state index in [-0.39, 0.29) is 5.54 Å². The van der Waals surface area contributed by atoms with Crippen LogP contribution in [-0.2, 0) is 4.74 Å². The molecule has 0 aliphatic carbocycles. The fourth-order valence-corrected chi connectivity index (χ4v) is 3.58. The SMILES string of the molecule is CCCNC(C(C)CCOC)C(C)(C)N1CCCCC1. The van der Waals surface area contributed by atoms with Gasteiger partial charge >= 0.3 is 0 Å². The molecule has 0 amide bonds. The molecule has 3 heteroatoms. The number of rotatable bonds is 9. The van der Waals surface area contributed by atoms with Crippen LogP contribution in [0.4, 0.5) is 0 Å². The summed E-state index contributed by atoms with van der Waals surface area (Å²) in [7, 11) is 1.80. The highest BCUT2D eigenvalue weighted by atomic mass is 16.5. The first-order valence-electron chi connectivity index (χ1n) is 8.51. The Hall–Kier alpha value is -0.120. The van der Waals surface area contributed by atoms with Gasteiger partial charge in [-0.1, -0.05) is 20.3 Å². The number of methoxy groups -OCH3 is 1. The molecular weight excluding hydrogens is 248 g/mol. The lowest BCUT2D eigenvalue weighted by Crippen LogP contribution is -2.61. The monoisotopic (exact) mass is 284 g/mol. The summed E-state index contributed by atoms with van der Waals surface area (Å²) in [4.78, 5) is 2.70. The van der Waals surface area contributed by atoms with Crippen LogP contribution in [-0.4, -0.2) is 49.8 Å². The zero-order valence-electron chi connectivity index (χ0n) is 14.4. The van der Waals surface area contributed by atoms with E-state index in [4.69, 9.17) is 4.74 Å². The molecule has 2 atom stereocenters. The minimum absolute atomic E-state index is 0.225. The topological polar surface area (TPSA) is 24.5 Å². The minimum atomic E-state index is 0.225. The van der Waals surface area contributed by atoms with E-state index < -0.39 is 0 Å². The second-order valence-corrected chi connectivity index (χ2v) is 6.89. The molecule has 3 nitrogen and oxygen atoms in total. The number of ether oxygens (including phenoxy) is 1. The number of nitrogens with zero attached hydrogens (tertiary/aromatic N) is 1. The summed E-state index contributed by atoms with van der Waals surface area (Å²) in [6.07, 6.45) is 6.45. The highest BCUT2D eigenvalue weighted by Crippen LogP contribution is 2.29. The average Bonchev–Trinajstić information content (AvgIpc) is 2.46. The van der Waals surface area contributed by atoms with Crippen molar-refractivity contribution in [2.24, 2.45) is 5.92 Å². The molecule has 1 saturated heterocycles. The molecule has 1 N–H and O–H groups in total. The average molecular weight is 284 g/mol. The first kappa shape index (κ1) is 17.9. The van der Waals surface area contributed by atoms with Crippen molar-refractivity contribution >= 4 is 0 Å². The van der Waals surface area contributed by atoms with E-state index in [9.17, 15) is 0 Å². The van der Waals surface area contributed by atoms with Crippen molar-refractivity contribution < 1.29 is 4.74 Å². The highest BCUT2D eigenvalue weighted by molar-refractivity contribution is 4.97. The largest absolute Gasteiger partial charge is 0.385 e. The molecule has 1 heterocycles. The van der Waals surface area contributed by atoms with Gasteiger partial charge in [-0.05, 0) is 65.1 Å². The van der Waals surface area contributed by atoms with E-state index in [0.717, 1.165) is 19.6 Å². The lowest BCUT2D eigenvalue weighted by atomic mass is 9.81. The van der Waals surface area contributed by atoms with Crippen LogP contribution in [0, 0.1) is 5.92 Å². The molecule has 1 aliphatic rings. The van der Waals surface area contributed by atoms with Gasteiger partial charge in [0.25, 0.3) is 0 Å². The van der Waals surface area contributed by atoms with Crippen LogP contribution in [0.2, 0.25) is 0 Å². The molecule has 120 valence electrons. The maximum Gasteiger partial charge on any atom is 0.0465 e. The van der Waals surface area contributed by atoms with Crippen LogP contribution in [0.5, 0.6) is 0 Å². The standard InChI is InChI=1S/C17H36N2O/c1-6-11-18-16(15(2)10-14-20-5)17(3,4)19-12-8-7-9-13-19/h15-16,18H,6-14H2,1-5H3. The van der Waals surface area contributed by atoms with E-state index in [0.29, 0.717) is 12.0 Å². The molecule has 1 aliphatic heterocycles. The summed E-state index contributed by atoms with van der Waals surface area (Å²) < 4.78 is 5.28. The highest BCUT2D eigenvalue weighted by Gasteiger charge is 2.38. The molecular formula is C17H36N2O.